The van der Waals surface area contributed by atoms with Gasteiger partial charge in [-0.2, -0.15) is 9.50 Å². The van der Waals surface area contributed by atoms with E-state index in [9.17, 15) is 9.59 Å². The summed E-state index contributed by atoms with van der Waals surface area (Å²) in [5, 5.41) is 6.38. The van der Waals surface area contributed by atoms with Crippen LogP contribution in [0.3, 0.4) is 0 Å². The van der Waals surface area contributed by atoms with Crippen LogP contribution < -0.4 is 16.6 Å². The van der Waals surface area contributed by atoms with E-state index in [0.717, 1.165) is 6.42 Å². The van der Waals surface area contributed by atoms with Gasteiger partial charge in [-0.05, 0) is 6.42 Å². The maximum atomic E-state index is 11.6. The first-order valence-corrected chi connectivity index (χ1v) is 5.15. The number of hydrogen-bond donors (Lipinski definition) is 3. The van der Waals surface area contributed by atoms with Gasteiger partial charge in [-0.15, -0.1) is 5.10 Å². The van der Waals surface area contributed by atoms with Gasteiger partial charge in [-0.1, -0.05) is 6.92 Å². The zero-order valence-electron chi connectivity index (χ0n) is 9.23. The lowest BCUT2D eigenvalue weighted by molar-refractivity contribution is -0.105. The average Bonchev–Trinajstić information content (AvgIpc) is 2.67. The van der Waals surface area contributed by atoms with Crippen molar-refractivity contribution in [2.24, 2.45) is 0 Å². The van der Waals surface area contributed by atoms with E-state index in [-0.39, 0.29) is 17.3 Å². The molecular formula is C9H12N6O2. The highest BCUT2D eigenvalue weighted by Crippen LogP contribution is 2.12. The predicted octanol–water partition coefficient (Wildman–Crippen LogP) is -0.479. The Labute approximate surface area is 95.8 Å². The van der Waals surface area contributed by atoms with Crippen LogP contribution in [0.4, 0.5) is 11.5 Å². The van der Waals surface area contributed by atoms with Gasteiger partial charge in [0.15, 0.2) is 11.6 Å². The standard InChI is InChI=1S/C9H12N6O2/c1-2-3-5-12-9-13-8(17)6(11-4-16)7(10)15(9)14-5/h4H,2-3,10H2,1H3,(H,11,16)(H,12,13,14,17). The molecule has 0 aliphatic heterocycles. The number of nitrogens with one attached hydrogen (secondary N) is 2. The van der Waals surface area contributed by atoms with Crippen molar-refractivity contribution in [3.63, 3.8) is 0 Å². The molecule has 0 aliphatic carbocycles. The van der Waals surface area contributed by atoms with Crippen LogP contribution in [-0.2, 0) is 11.2 Å². The molecule has 17 heavy (non-hydrogen) atoms. The Hall–Kier alpha value is -2.38. The molecule has 2 heterocycles. The molecule has 0 fully saturated rings. The Kier molecular flexibility index (Phi) is 2.77. The van der Waals surface area contributed by atoms with E-state index in [1.807, 2.05) is 6.92 Å². The van der Waals surface area contributed by atoms with Crippen molar-refractivity contribution >= 4 is 23.7 Å². The first-order valence-electron chi connectivity index (χ1n) is 5.15. The fourth-order valence-corrected chi connectivity index (χ4v) is 1.52. The number of nitrogens with two attached hydrogens (primary N) is 1. The third-order valence-corrected chi connectivity index (χ3v) is 2.26. The van der Waals surface area contributed by atoms with Gasteiger partial charge in [0.2, 0.25) is 12.2 Å². The van der Waals surface area contributed by atoms with Gasteiger partial charge >= 0.3 is 0 Å². The van der Waals surface area contributed by atoms with E-state index in [2.05, 4.69) is 20.4 Å². The summed E-state index contributed by atoms with van der Waals surface area (Å²) < 4.78 is 1.30. The maximum Gasteiger partial charge on any atom is 0.278 e. The van der Waals surface area contributed by atoms with Crippen molar-refractivity contribution in [3.8, 4) is 0 Å². The zero-order valence-corrected chi connectivity index (χ0v) is 9.23. The Morgan fingerprint density at radius 3 is 3.00 bits per heavy atom. The molecule has 1 amide bonds. The normalized spacial score (nSPS) is 10.6. The number of nitrogen functional groups attached to an aromatic ring is 1. The number of fused-ring (bicyclic) bond motifs is 1. The second-order valence-corrected chi connectivity index (χ2v) is 3.49. The average molecular weight is 236 g/mol. The largest absolute Gasteiger partial charge is 0.382 e. The van der Waals surface area contributed by atoms with Crippen molar-refractivity contribution < 1.29 is 4.79 Å². The van der Waals surface area contributed by atoms with Crippen LogP contribution in [0.5, 0.6) is 0 Å². The highest BCUT2D eigenvalue weighted by molar-refractivity contribution is 5.77. The smallest absolute Gasteiger partial charge is 0.278 e. The molecule has 2 aromatic heterocycles. The molecule has 0 aliphatic rings. The summed E-state index contributed by atoms with van der Waals surface area (Å²) >= 11 is 0. The van der Waals surface area contributed by atoms with E-state index < -0.39 is 5.56 Å². The molecule has 0 saturated carbocycles. The van der Waals surface area contributed by atoms with Gasteiger partial charge < -0.3 is 11.1 Å². The summed E-state index contributed by atoms with van der Waals surface area (Å²) in [7, 11) is 0. The van der Waals surface area contributed by atoms with E-state index in [1.165, 1.54) is 4.52 Å². The Morgan fingerprint density at radius 2 is 2.35 bits per heavy atom. The molecule has 0 radical (unpaired) electrons. The third-order valence-electron chi connectivity index (χ3n) is 2.26. The minimum atomic E-state index is -0.502. The van der Waals surface area contributed by atoms with E-state index in [1.54, 1.807) is 0 Å². The molecule has 8 heteroatoms. The van der Waals surface area contributed by atoms with E-state index in [4.69, 9.17) is 5.73 Å². The number of aromatic nitrogens is 4. The van der Waals surface area contributed by atoms with Crippen molar-refractivity contribution in [2.45, 2.75) is 19.8 Å². The van der Waals surface area contributed by atoms with Crippen molar-refractivity contribution in [1.29, 1.82) is 0 Å². The summed E-state index contributed by atoms with van der Waals surface area (Å²) in [4.78, 5) is 28.6. The van der Waals surface area contributed by atoms with Crippen LogP contribution in [0.2, 0.25) is 0 Å². The van der Waals surface area contributed by atoms with Crippen LogP contribution in [0, 0.1) is 0 Å². The SMILES string of the molecule is CCCc1nc2[nH]c(=O)c(NC=O)c(N)n2n1. The number of hydrogen-bond acceptors (Lipinski definition) is 5. The fraction of sp³-hybridized carbons (Fsp3) is 0.333. The van der Waals surface area contributed by atoms with Crippen LogP contribution in [0.25, 0.3) is 5.78 Å². The minimum Gasteiger partial charge on any atom is -0.382 e. The molecule has 0 aromatic carbocycles. The number of aromatic amines is 1. The summed E-state index contributed by atoms with van der Waals surface area (Å²) in [6.07, 6.45) is 1.97. The quantitative estimate of drug-likeness (QED) is 0.619. The molecule has 0 unspecified atom stereocenters. The lowest BCUT2D eigenvalue weighted by Gasteiger charge is -2.03. The van der Waals surface area contributed by atoms with Crippen molar-refractivity contribution in [1.82, 2.24) is 19.6 Å². The molecule has 0 saturated heterocycles. The summed E-state index contributed by atoms with van der Waals surface area (Å²) in [6.45, 7) is 2.00. The number of rotatable bonds is 4. The molecule has 4 N–H and O–H groups in total. The first kappa shape index (κ1) is 11.1. The second-order valence-electron chi connectivity index (χ2n) is 3.49. The Morgan fingerprint density at radius 1 is 1.59 bits per heavy atom. The first-order chi connectivity index (χ1) is 8.17. The molecule has 0 spiro atoms. The number of nitrogens with zero attached hydrogens (tertiary/aromatic N) is 3. The topological polar surface area (TPSA) is 118 Å². The number of amides is 1. The van der Waals surface area contributed by atoms with E-state index in [0.29, 0.717) is 18.7 Å². The number of anilines is 2. The highest BCUT2D eigenvalue weighted by Gasteiger charge is 2.12. The van der Waals surface area contributed by atoms with Gasteiger partial charge in [0.1, 0.15) is 5.69 Å². The molecule has 0 atom stereocenters. The number of carbonyl (C=O) groups is 1. The lowest BCUT2D eigenvalue weighted by Crippen LogP contribution is -2.19. The Bertz CT molecular complexity index is 614. The monoisotopic (exact) mass is 236 g/mol. The van der Waals surface area contributed by atoms with Gasteiger partial charge in [0.25, 0.3) is 5.56 Å². The predicted molar refractivity (Wildman–Crippen MR) is 61.7 cm³/mol. The number of carbonyl (C=O) groups excluding carboxylic acids is 1. The lowest BCUT2D eigenvalue weighted by atomic mass is 10.3. The molecule has 90 valence electrons. The van der Waals surface area contributed by atoms with Crippen LogP contribution >= 0.6 is 0 Å². The molecule has 8 nitrogen and oxygen atoms in total. The molecule has 2 aromatic rings. The summed E-state index contributed by atoms with van der Waals surface area (Å²) in [5.74, 6) is 0.927. The minimum absolute atomic E-state index is 0.0274. The number of aryl methyl sites for hydroxylation is 1. The fourth-order valence-electron chi connectivity index (χ4n) is 1.52. The molecule has 0 bridgehead atoms. The van der Waals surface area contributed by atoms with Crippen molar-refractivity contribution in [2.75, 3.05) is 11.1 Å². The zero-order chi connectivity index (χ0) is 12.4. The third kappa shape index (κ3) is 1.84. The second kappa shape index (κ2) is 4.24. The maximum absolute atomic E-state index is 11.6. The summed E-state index contributed by atoms with van der Waals surface area (Å²) in [6, 6.07) is 0. The van der Waals surface area contributed by atoms with Crippen LogP contribution in [-0.4, -0.2) is 26.0 Å². The number of H-pyrrole nitrogens is 1. The summed E-state index contributed by atoms with van der Waals surface area (Å²) in [5.41, 5.74) is 5.20. The van der Waals surface area contributed by atoms with Gasteiger partial charge in [-0.3, -0.25) is 14.6 Å². The Balaban J connectivity index is 2.64. The van der Waals surface area contributed by atoms with E-state index >= 15 is 0 Å². The molecule has 2 rings (SSSR count). The highest BCUT2D eigenvalue weighted by atomic mass is 16.1. The van der Waals surface area contributed by atoms with Crippen LogP contribution in [0.15, 0.2) is 4.79 Å². The molecular weight excluding hydrogens is 224 g/mol. The van der Waals surface area contributed by atoms with Gasteiger partial charge in [0.05, 0.1) is 0 Å². The van der Waals surface area contributed by atoms with Crippen molar-refractivity contribution in [3.05, 3.63) is 16.2 Å². The van der Waals surface area contributed by atoms with Gasteiger partial charge in [-0.25, -0.2) is 0 Å². The van der Waals surface area contributed by atoms with Gasteiger partial charge in [0, 0.05) is 6.42 Å². The van der Waals surface area contributed by atoms with Crippen LogP contribution in [0.1, 0.15) is 19.2 Å².